The third kappa shape index (κ3) is 3.29. The molecule has 1 atom stereocenters. The zero-order valence-electron chi connectivity index (χ0n) is 10.4. The number of rotatable bonds is 3. The average Bonchev–Trinajstić information content (AvgIpc) is 2.36. The predicted molar refractivity (Wildman–Crippen MR) is 81.6 cm³/mol. The van der Waals surface area contributed by atoms with Gasteiger partial charge in [-0.15, -0.1) is 0 Å². The molecule has 0 heterocycles. The Morgan fingerprint density at radius 1 is 1.10 bits per heavy atom. The molecule has 2 nitrogen and oxygen atoms in total. The smallest absolute Gasteiger partial charge is 0.123 e. The minimum atomic E-state index is -0.431. The Morgan fingerprint density at radius 3 is 2.30 bits per heavy atom. The number of hydrogen-bond acceptors (Lipinski definition) is 2. The lowest BCUT2D eigenvalue weighted by Gasteiger charge is -2.19. The summed E-state index contributed by atoms with van der Waals surface area (Å²) in [6.45, 7) is 1.76. The van der Waals surface area contributed by atoms with Crippen molar-refractivity contribution in [3.8, 4) is 5.75 Å². The molecule has 0 aliphatic heterocycles. The summed E-state index contributed by atoms with van der Waals surface area (Å²) in [6, 6.07) is 6.46. The van der Waals surface area contributed by atoms with Gasteiger partial charge in [-0.05, 0) is 37.3 Å². The van der Waals surface area contributed by atoms with Gasteiger partial charge in [-0.25, -0.2) is 4.39 Å². The van der Waals surface area contributed by atoms with Gasteiger partial charge < -0.3 is 10.4 Å². The fourth-order valence-electron chi connectivity index (χ4n) is 1.85. The van der Waals surface area contributed by atoms with Gasteiger partial charge in [-0.1, -0.05) is 34.8 Å². The molecule has 2 N–H and O–H groups in total. The molecule has 1 unspecified atom stereocenters. The van der Waals surface area contributed by atoms with Crippen LogP contribution < -0.4 is 5.32 Å². The highest BCUT2D eigenvalue weighted by Gasteiger charge is 2.15. The summed E-state index contributed by atoms with van der Waals surface area (Å²) in [5, 5.41) is 13.9. The number of phenols is 1. The van der Waals surface area contributed by atoms with Crippen molar-refractivity contribution in [2.24, 2.45) is 0 Å². The largest absolute Gasteiger partial charge is 0.508 e. The fraction of sp³-hybridized carbons (Fsp3) is 0.143. The molecule has 0 aliphatic carbocycles. The van der Waals surface area contributed by atoms with Crippen LogP contribution in [0.15, 0.2) is 30.3 Å². The normalized spacial score (nSPS) is 12.2. The van der Waals surface area contributed by atoms with Gasteiger partial charge in [-0.2, -0.15) is 0 Å². The molecule has 6 heteroatoms. The molecule has 2 rings (SSSR count). The van der Waals surface area contributed by atoms with Gasteiger partial charge in [0.15, 0.2) is 0 Å². The molecule has 0 aromatic heterocycles. The second-order valence-corrected chi connectivity index (χ2v) is 5.56. The van der Waals surface area contributed by atoms with E-state index in [1.54, 1.807) is 19.1 Å². The molecule has 2 aromatic carbocycles. The summed E-state index contributed by atoms with van der Waals surface area (Å²) in [6.07, 6.45) is 0. The maximum absolute atomic E-state index is 13.2. The van der Waals surface area contributed by atoms with Crippen LogP contribution in [0.4, 0.5) is 10.1 Å². The number of aromatic hydroxyl groups is 1. The zero-order valence-corrected chi connectivity index (χ0v) is 12.7. The van der Waals surface area contributed by atoms with E-state index in [1.165, 1.54) is 18.2 Å². The van der Waals surface area contributed by atoms with Gasteiger partial charge in [0.2, 0.25) is 0 Å². The van der Waals surface area contributed by atoms with Crippen molar-refractivity contribution in [2.45, 2.75) is 13.0 Å². The Kier molecular flexibility index (Phi) is 4.63. The standard InChI is InChI=1S/C14H11Cl3FNO/c1-7(10-6-9(18)2-3-13(10)20)19-14-11(16)4-8(15)5-12(14)17/h2-7,19-20H,1H3. The van der Waals surface area contributed by atoms with Gasteiger partial charge in [0.05, 0.1) is 21.8 Å². The highest BCUT2D eigenvalue weighted by Crippen LogP contribution is 2.37. The van der Waals surface area contributed by atoms with Gasteiger partial charge in [-0.3, -0.25) is 0 Å². The van der Waals surface area contributed by atoms with Gasteiger partial charge in [0, 0.05) is 10.6 Å². The van der Waals surface area contributed by atoms with Crippen LogP contribution in [-0.4, -0.2) is 5.11 Å². The summed E-state index contributed by atoms with van der Waals surface area (Å²) < 4.78 is 13.2. The summed E-state index contributed by atoms with van der Waals surface area (Å²) in [7, 11) is 0. The van der Waals surface area contributed by atoms with E-state index in [9.17, 15) is 9.50 Å². The highest BCUT2D eigenvalue weighted by atomic mass is 35.5. The van der Waals surface area contributed by atoms with Crippen LogP contribution in [0.25, 0.3) is 0 Å². The third-order valence-corrected chi connectivity index (χ3v) is 3.64. The Hall–Kier alpha value is -1.16. The van der Waals surface area contributed by atoms with Crippen LogP contribution in [0.2, 0.25) is 15.1 Å². The SMILES string of the molecule is CC(Nc1c(Cl)cc(Cl)cc1Cl)c1cc(F)ccc1O. The summed E-state index contributed by atoms with van der Waals surface area (Å²) >= 11 is 18.0. The molecular weight excluding hydrogens is 324 g/mol. The minimum absolute atomic E-state index is 0.00684. The van der Waals surface area contributed by atoms with Crippen LogP contribution in [-0.2, 0) is 0 Å². The maximum Gasteiger partial charge on any atom is 0.123 e. The van der Waals surface area contributed by atoms with E-state index < -0.39 is 5.82 Å². The van der Waals surface area contributed by atoms with Crippen LogP contribution >= 0.6 is 34.8 Å². The topological polar surface area (TPSA) is 32.3 Å². The first-order chi connectivity index (χ1) is 9.38. The Labute approximate surface area is 131 Å². The average molecular weight is 335 g/mol. The third-order valence-electron chi connectivity index (χ3n) is 2.82. The number of benzene rings is 2. The van der Waals surface area contributed by atoms with E-state index in [0.29, 0.717) is 26.3 Å². The molecule has 0 spiro atoms. The second-order valence-electron chi connectivity index (χ2n) is 4.31. The molecule has 0 saturated carbocycles. The number of hydrogen-bond donors (Lipinski definition) is 2. The lowest BCUT2D eigenvalue weighted by Crippen LogP contribution is -2.08. The molecule has 0 aliphatic rings. The Morgan fingerprint density at radius 2 is 1.70 bits per heavy atom. The van der Waals surface area contributed by atoms with Crippen LogP contribution in [0.5, 0.6) is 5.75 Å². The molecule has 0 fully saturated rings. The zero-order chi connectivity index (χ0) is 14.9. The minimum Gasteiger partial charge on any atom is -0.508 e. The van der Waals surface area contributed by atoms with Crippen LogP contribution in [0.1, 0.15) is 18.5 Å². The lowest BCUT2D eigenvalue weighted by atomic mass is 10.1. The molecular formula is C14H11Cl3FNO. The van der Waals surface area contributed by atoms with E-state index in [-0.39, 0.29) is 11.8 Å². The van der Waals surface area contributed by atoms with Gasteiger partial charge in [0.25, 0.3) is 0 Å². The van der Waals surface area contributed by atoms with Gasteiger partial charge >= 0.3 is 0 Å². The molecule has 0 saturated heterocycles. The molecule has 106 valence electrons. The molecule has 0 radical (unpaired) electrons. The highest BCUT2D eigenvalue weighted by molar-refractivity contribution is 6.41. The quantitative estimate of drug-likeness (QED) is 0.758. The van der Waals surface area contributed by atoms with Crippen molar-refractivity contribution in [3.05, 3.63) is 56.8 Å². The second kappa shape index (κ2) is 6.08. The van der Waals surface area contributed by atoms with Crippen LogP contribution in [0, 0.1) is 5.82 Å². The Balaban J connectivity index is 2.32. The van der Waals surface area contributed by atoms with Crippen molar-refractivity contribution < 1.29 is 9.50 Å². The molecule has 0 amide bonds. The van der Waals surface area contributed by atoms with E-state index in [4.69, 9.17) is 34.8 Å². The monoisotopic (exact) mass is 333 g/mol. The van der Waals surface area contributed by atoms with E-state index in [0.717, 1.165) is 0 Å². The summed E-state index contributed by atoms with van der Waals surface area (Å²) in [5.41, 5.74) is 0.890. The lowest BCUT2D eigenvalue weighted by molar-refractivity contribution is 0.462. The number of halogens is 4. The Bertz CT molecular complexity index is 625. The van der Waals surface area contributed by atoms with E-state index in [1.807, 2.05) is 0 Å². The number of nitrogens with one attached hydrogen (secondary N) is 1. The van der Waals surface area contributed by atoms with Gasteiger partial charge in [0.1, 0.15) is 11.6 Å². The fourth-order valence-corrected chi connectivity index (χ4v) is 2.77. The van der Waals surface area contributed by atoms with E-state index in [2.05, 4.69) is 5.32 Å². The molecule has 0 bridgehead atoms. The summed E-state index contributed by atoms with van der Waals surface area (Å²) in [5.74, 6) is -0.438. The first kappa shape index (κ1) is 15.2. The first-order valence-electron chi connectivity index (χ1n) is 5.78. The van der Waals surface area contributed by atoms with Crippen molar-refractivity contribution >= 4 is 40.5 Å². The van der Waals surface area contributed by atoms with Crippen molar-refractivity contribution in [3.63, 3.8) is 0 Å². The summed E-state index contributed by atoms with van der Waals surface area (Å²) in [4.78, 5) is 0. The molecule has 20 heavy (non-hydrogen) atoms. The molecule has 2 aromatic rings. The van der Waals surface area contributed by atoms with Crippen molar-refractivity contribution in [2.75, 3.05) is 5.32 Å². The number of anilines is 1. The first-order valence-corrected chi connectivity index (χ1v) is 6.91. The number of phenolic OH excluding ortho intramolecular Hbond substituents is 1. The van der Waals surface area contributed by atoms with Crippen LogP contribution in [0.3, 0.4) is 0 Å². The van der Waals surface area contributed by atoms with Crippen molar-refractivity contribution in [1.29, 1.82) is 0 Å². The van der Waals surface area contributed by atoms with Crippen molar-refractivity contribution in [1.82, 2.24) is 0 Å². The predicted octanol–water partition coefficient (Wildman–Crippen LogP) is 5.66. The maximum atomic E-state index is 13.2. The van der Waals surface area contributed by atoms with E-state index >= 15 is 0 Å².